The topological polar surface area (TPSA) is 58.6 Å². The van der Waals surface area contributed by atoms with Gasteiger partial charge in [-0.1, -0.05) is 82.1 Å². The quantitative estimate of drug-likeness (QED) is 0.413. The molecule has 180 valence electrons. The summed E-state index contributed by atoms with van der Waals surface area (Å²) in [4.78, 5) is 27.9. The van der Waals surface area contributed by atoms with Gasteiger partial charge in [0.1, 0.15) is 11.8 Å². The molecule has 0 radical (unpaired) electrons. The minimum Gasteiger partial charge on any atom is -0.483 e. The van der Waals surface area contributed by atoms with Gasteiger partial charge in [-0.05, 0) is 42.0 Å². The lowest BCUT2D eigenvalue weighted by atomic mass is 10.0. The molecule has 0 aromatic heterocycles. The van der Waals surface area contributed by atoms with E-state index in [1.165, 1.54) is 4.90 Å². The van der Waals surface area contributed by atoms with Crippen molar-refractivity contribution in [2.45, 2.75) is 59.5 Å². The zero-order valence-electron chi connectivity index (χ0n) is 20.0. The fourth-order valence-electron chi connectivity index (χ4n) is 3.51. The van der Waals surface area contributed by atoms with Gasteiger partial charge in [0.05, 0.1) is 0 Å². The van der Waals surface area contributed by atoms with Crippen molar-refractivity contribution in [1.82, 2.24) is 10.2 Å². The van der Waals surface area contributed by atoms with Crippen LogP contribution in [0.3, 0.4) is 0 Å². The van der Waals surface area contributed by atoms with E-state index in [-0.39, 0.29) is 30.9 Å². The number of carbonyl (C=O) groups excluding carboxylic acids is 2. The molecule has 0 aliphatic carbocycles. The first kappa shape index (κ1) is 27.0. The molecule has 7 heteroatoms. The summed E-state index contributed by atoms with van der Waals surface area (Å²) in [5, 5.41) is 3.84. The maximum absolute atomic E-state index is 13.4. The number of carbonyl (C=O) groups is 2. The number of hydrogen-bond donors (Lipinski definition) is 1. The minimum atomic E-state index is -0.674. The van der Waals surface area contributed by atoms with Crippen LogP contribution in [-0.2, 0) is 16.1 Å². The number of para-hydroxylation sites is 1. The van der Waals surface area contributed by atoms with E-state index in [0.29, 0.717) is 40.2 Å². The van der Waals surface area contributed by atoms with Gasteiger partial charge in [0.15, 0.2) is 6.61 Å². The number of halogens is 2. The van der Waals surface area contributed by atoms with Gasteiger partial charge in [-0.15, -0.1) is 0 Å². The molecule has 2 rings (SSSR count). The number of benzene rings is 2. The van der Waals surface area contributed by atoms with Crippen LogP contribution in [0.2, 0.25) is 10.0 Å². The van der Waals surface area contributed by atoms with Crippen LogP contribution in [0.4, 0.5) is 0 Å². The van der Waals surface area contributed by atoms with E-state index in [1.54, 1.807) is 18.2 Å². The van der Waals surface area contributed by atoms with Crippen LogP contribution in [0, 0.1) is 5.92 Å². The smallest absolute Gasteiger partial charge is 0.261 e. The number of ether oxygens (including phenoxy) is 1. The van der Waals surface area contributed by atoms with Crippen LogP contribution in [0.5, 0.6) is 5.75 Å². The molecule has 1 atom stereocenters. The molecule has 0 aliphatic heterocycles. The first-order valence-electron chi connectivity index (χ1n) is 11.4. The average Bonchev–Trinajstić information content (AvgIpc) is 2.77. The molecule has 0 unspecified atom stereocenters. The molecule has 5 nitrogen and oxygen atoms in total. The Hall–Kier alpha value is -2.24. The van der Waals surface area contributed by atoms with Gasteiger partial charge in [-0.2, -0.15) is 0 Å². The highest BCUT2D eigenvalue weighted by Gasteiger charge is 2.30. The number of nitrogens with one attached hydrogen (secondary N) is 1. The van der Waals surface area contributed by atoms with E-state index in [0.717, 1.165) is 5.56 Å². The first-order valence-corrected chi connectivity index (χ1v) is 12.1. The second-order valence-electron chi connectivity index (χ2n) is 8.77. The predicted molar refractivity (Wildman–Crippen MR) is 135 cm³/mol. The number of hydrogen-bond acceptors (Lipinski definition) is 3. The highest BCUT2D eigenvalue weighted by atomic mass is 35.5. The van der Waals surface area contributed by atoms with Crippen LogP contribution in [0.25, 0.3) is 0 Å². The summed E-state index contributed by atoms with van der Waals surface area (Å²) in [5.41, 5.74) is 1.62. The highest BCUT2D eigenvalue weighted by Crippen LogP contribution is 2.28. The van der Waals surface area contributed by atoms with E-state index in [9.17, 15) is 9.59 Å². The third-order valence-corrected chi connectivity index (χ3v) is 6.06. The van der Waals surface area contributed by atoms with Gasteiger partial charge < -0.3 is 15.0 Å². The maximum atomic E-state index is 13.4. The Balaban J connectivity index is 2.30. The molecule has 1 N–H and O–H groups in total. The Morgan fingerprint density at radius 1 is 1.00 bits per heavy atom. The Kier molecular flexibility index (Phi) is 10.5. The van der Waals surface area contributed by atoms with Crippen molar-refractivity contribution in [3.05, 3.63) is 63.6 Å². The molecule has 0 saturated carbocycles. The molecule has 0 heterocycles. The summed E-state index contributed by atoms with van der Waals surface area (Å²) in [7, 11) is 0. The second-order valence-corrected chi connectivity index (χ2v) is 9.58. The molecule has 0 saturated heterocycles. The van der Waals surface area contributed by atoms with Gasteiger partial charge in [0, 0.05) is 28.7 Å². The third kappa shape index (κ3) is 7.65. The van der Waals surface area contributed by atoms with Crippen LogP contribution in [0.1, 0.15) is 58.1 Å². The van der Waals surface area contributed by atoms with Crippen LogP contribution < -0.4 is 10.1 Å². The molecule has 2 amide bonds. The zero-order valence-corrected chi connectivity index (χ0v) is 21.5. The van der Waals surface area contributed by atoms with Crippen molar-refractivity contribution in [2.75, 3.05) is 13.2 Å². The monoisotopic (exact) mass is 492 g/mol. The van der Waals surface area contributed by atoms with E-state index >= 15 is 0 Å². The second kappa shape index (κ2) is 12.9. The summed E-state index contributed by atoms with van der Waals surface area (Å²) in [6, 6.07) is 12.2. The van der Waals surface area contributed by atoms with E-state index in [1.807, 2.05) is 45.0 Å². The number of amides is 2. The van der Waals surface area contributed by atoms with Gasteiger partial charge >= 0.3 is 0 Å². The average molecular weight is 493 g/mol. The van der Waals surface area contributed by atoms with Gasteiger partial charge in [-0.25, -0.2) is 0 Å². The Morgan fingerprint density at radius 2 is 1.64 bits per heavy atom. The molecular weight excluding hydrogens is 459 g/mol. The van der Waals surface area contributed by atoms with Crippen molar-refractivity contribution < 1.29 is 14.3 Å². The Labute approximate surface area is 207 Å². The fourth-order valence-corrected chi connectivity index (χ4v) is 4.02. The van der Waals surface area contributed by atoms with E-state index in [2.05, 4.69) is 19.2 Å². The van der Waals surface area contributed by atoms with Crippen LogP contribution >= 0.6 is 23.2 Å². The lowest BCUT2D eigenvalue weighted by Crippen LogP contribution is -2.50. The Morgan fingerprint density at radius 3 is 2.21 bits per heavy atom. The van der Waals surface area contributed by atoms with Gasteiger partial charge in [-0.3, -0.25) is 9.59 Å². The largest absolute Gasteiger partial charge is 0.483 e. The molecule has 2 aromatic rings. The molecule has 0 aliphatic rings. The number of rotatable bonds is 11. The molecule has 0 spiro atoms. The maximum Gasteiger partial charge on any atom is 0.261 e. The first-order chi connectivity index (χ1) is 15.6. The van der Waals surface area contributed by atoms with Crippen LogP contribution in [-0.4, -0.2) is 35.9 Å². The van der Waals surface area contributed by atoms with Gasteiger partial charge in [0.25, 0.3) is 5.91 Å². The molecule has 0 fully saturated rings. The van der Waals surface area contributed by atoms with Gasteiger partial charge in [0.2, 0.25) is 5.91 Å². The van der Waals surface area contributed by atoms with Crippen molar-refractivity contribution >= 4 is 35.0 Å². The van der Waals surface area contributed by atoms with E-state index < -0.39 is 6.04 Å². The summed E-state index contributed by atoms with van der Waals surface area (Å²) < 4.78 is 5.92. The standard InChI is InChI=1S/C26H34Cl2N2O3/c1-6-23(26(32)29-14-17(2)3)30(15-20-21(27)11-9-12-22(20)28)25(31)16-33-24-13-8-7-10-19(24)18(4)5/h7-13,17-18,23H,6,14-16H2,1-5H3,(H,29,32)/t23-/m0/s1. The zero-order chi connectivity index (χ0) is 24.5. The summed E-state index contributed by atoms with van der Waals surface area (Å²) in [6.07, 6.45) is 0.445. The molecular formula is C26H34Cl2N2O3. The molecule has 0 bridgehead atoms. The van der Waals surface area contributed by atoms with E-state index in [4.69, 9.17) is 27.9 Å². The highest BCUT2D eigenvalue weighted by molar-refractivity contribution is 6.36. The van der Waals surface area contributed by atoms with Crippen molar-refractivity contribution in [2.24, 2.45) is 5.92 Å². The third-order valence-electron chi connectivity index (χ3n) is 5.35. The number of nitrogens with zero attached hydrogens (tertiary/aromatic N) is 1. The Bertz CT molecular complexity index is 927. The SMILES string of the molecule is CC[C@@H](C(=O)NCC(C)C)N(Cc1c(Cl)cccc1Cl)C(=O)COc1ccccc1C(C)C. The molecule has 2 aromatic carbocycles. The lowest BCUT2D eigenvalue weighted by Gasteiger charge is -2.31. The van der Waals surface area contributed by atoms with Crippen molar-refractivity contribution in [3.8, 4) is 5.75 Å². The van der Waals surface area contributed by atoms with Crippen molar-refractivity contribution in [1.29, 1.82) is 0 Å². The normalized spacial score (nSPS) is 12.0. The fraction of sp³-hybridized carbons (Fsp3) is 0.462. The summed E-state index contributed by atoms with van der Waals surface area (Å²) in [6.45, 7) is 10.5. The summed E-state index contributed by atoms with van der Waals surface area (Å²) >= 11 is 12.8. The predicted octanol–water partition coefficient (Wildman–Crippen LogP) is 6.08. The molecule has 33 heavy (non-hydrogen) atoms. The summed E-state index contributed by atoms with van der Waals surface area (Å²) in [5.74, 6) is 0.694. The lowest BCUT2D eigenvalue weighted by molar-refractivity contribution is -0.143. The van der Waals surface area contributed by atoms with Crippen LogP contribution in [0.15, 0.2) is 42.5 Å². The minimum absolute atomic E-state index is 0.111. The van der Waals surface area contributed by atoms with Crippen molar-refractivity contribution in [3.63, 3.8) is 0 Å².